The maximum Gasteiger partial charge on any atom is 0.416 e. The summed E-state index contributed by atoms with van der Waals surface area (Å²) in [6.07, 6.45) is -1.09. The van der Waals surface area contributed by atoms with Crippen LogP contribution in [-0.2, 0) is 17.5 Å². The van der Waals surface area contributed by atoms with Crippen LogP contribution in [0.3, 0.4) is 0 Å². The Kier molecular flexibility index (Phi) is 7.75. The highest BCUT2D eigenvalue weighted by molar-refractivity contribution is 5.79. The van der Waals surface area contributed by atoms with Crippen LogP contribution >= 0.6 is 0 Å². The smallest absolute Gasteiger partial charge is 0.381 e. The topological polar surface area (TPSA) is 36.9 Å². The van der Waals surface area contributed by atoms with Gasteiger partial charge in [0.05, 0.1) is 12.1 Å². The van der Waals surface area contributed by atoms with E-state index in [1.165, 1.54) is 6.07 Å². The van der Waals surface area contributed by atoms with E-state index >= 15 is 0 Å². The summed E-state index contributed by atoms with van der Waals surface area (Å²) in [7, 11) is 1.97. The molecule has 0 unspecified atom stereocenters. The molecule has 0 spiro atoms. The van der Waals surface area contributed by atoms with Gasteiger partial charge in [-0.1, -0.05) is 12.1 Å². The Balaban J connectivity index is 1.96. The van der Waals surface area contributed by atoms with E-state index in [4.69, 9.17) is 4.74 Å². The molecule has 4 nitrogen and oxygen atoms in total. The zero-order valence-corrected chi connectivity index (χ0v) is 15.5. The van der Waals surface area contributed by atoms with Gasteiger partial charge in [-0.3, -0.25) is 0 Å². The Morgan fingerprint density at radius 2 is 2.04 bits per heavy atom. The van der Waals surface area contributed by atoms with Crippen LogP contribution in [0.15, 0.2) is 29.3 Å². The number of alkyl halides is 3. The van der Waals surface area contributed by atoms with E-state index in [1.54, 1.807) is 6.07 Å². The highest BCUT2D eigenvalue weighted by atomic mass is 19.4. The molecule has 26 heavy (non-hydrogen) atoms. The molecular formula is C19H28F3N3O. The summed E-state index contributed by atoms with van der Waals surface area (Å²) >= 11 is 0. The van der Waals surface area contributed by atoms with Crippen LogP contribution in [0, 0.1) is 5.92 Å². The highest BCUT2D eigenvalue weighted by Gasteiger charge is 2.30. The third-order valence-electron chi connectivity index (χ3n) is 4.58. The third kappa shape index (κ3) is 6.52. The van der Waals surface area contributed by atoms with Gasteiger partial charge in [-0.15, -0.1) is 0 Å². The molecular weight excluding hydrogens is 343 g/mol. The van der Waals surface area contributed by atoms with Crippen LogP contribution in [0.25, 0.3) is 0 Å². The predicted octanol–water partition coefficient (Wildman–Crippen LogP) is 3.92. The fourth-order valence-electron chi connectivity index (χ4n) is 3.00. The second-order valence-corrected chi connectivity index (χ2v) is 6.63. The molecule has 1 aromatic rings. The van der Waals surface area contributed by atoms with Crippen LogP contribution in [0.2, 0.25) is 0 Å². The Morgan fingerprint density at radius 3 is 2.69 bits per heavy atom. The van der Waals surface area contributed by atoms with Gasteiger partial charge >= 0.3 is 6.18 Å². The second-order valence-electron chi connectivity index (χ2n) is 6.63. The molecule has 0 atom stereocenters. The van der Waals surface area contributed by atoms with E-state index in [0.29, 0.717) is 18.0 Å². The molecule has 0 saturated carbocycles. The number of guanidine groups is 1. The van der Waals surface area contributed by atoms with Crippen molar-refractivity contribution in [1.82, 2.24) is 10.2 Å². The van der Waals surface area contributed by atoms with Crippen molar-refractivity contribution in [3.8, 4) is 0 Å². The Bertz CT molecular complexity index is 584. The van der Waals surface area contributed by atoms with Crippen LogP contribution in [0.5, 0.6) is 0 Å². The minimum absolute atomic E-state index is 0.216. The van der Waals surface area contributed by atoms with Crippen molar-refractivity contribution in [3.63, 3.8) is 0 Å². The normalized spacial score (nSPS) is 16.6. The summed E-state index contributed by atoms with van der Waals surface area (Å²) in [6.45, 7) is 5.43. The summed E-state index contributed by atoms with van der Waals surface area (Å²) in [5.74, 6) is 1.38. The molecule has 2 rings (SSSR count). The molecule has 0 aliphatic carbocycles. The van der Waals surface area contributed by atoms with Gasteiger partial charge in [-0.2, -0.15) is 13.2 Å². The van der Waals surface area contributed by atoms with Gasteiger partial charge in [0.2, 0.25) is 0 Å². The zero-order valence-electron chi connectivity index (χ0n) is 15.5. The molecule has 0 radical (unpaired) electrons. The van der Waals surface area contributed by atoms with Crippen molar-refractivity contribution in [2.24, 2.45) is 10.9 Å². The quantitative estimate of drug-likeness (QED) is 0.608. The SMILES string of the molecule is CCNC(=NCc1cccc(C(F)(F)F)c1)N(C)CCC1CCOCC1. The number of nitrogens with zero attached hydrogens (tertiary/aromatic N) is 2. The number of rotatable bonds is 6. The molecule has 146 valence electrons. The largest absolute Gasteiger partial charge is 0.416 e. The van der Waals surface area contributed by atoms with Gasteiger partial charge < -0.3 is 15.0 Å². The molecule has 1 aliphatic rings. The lowest BCUT2D eigenvalue weighted by atomic mass is 9.96. The fourth-order valence-corrected chi connectivity index (χ4v) is 3.00. The number of hydrogen-bond acceptors (Lipinski definition) is 2. The standard InChI is InChI=1S/C19H28F3N3O/c1-3-23-18(25(2)10-7-15-8-11-26-12-9-15)24-14-16-5-4-6-17(13-16)19(20,21)22/h4-6,13,15H,3,7-12,14H2,1-2H3,(H,23,24). The van der Waals surface area contributed by atoms with Gasteiger partial charge in [0.1, 0.15) is 0 Å². The average molecular weight is 371 g/mol. The van der Waals surface area contributed by atoms with Crippen molar-refractivity contribution in [1.29, 1.82) is 0 Å². The fraction of sp³-hybridized carbons (Fsp3) is 0.632. The lowest BCUT2D eigenvalue weighted by molar-refractivity contribution is -0.137. The highest BCUT2D eigenvalue weighted by Crippen LogP contribution is 2.29. The first-order chi connectivity index (χ1) is 12.4. The summed E-state index contributed by atoms with van der Waals surface area (Å²) in [5.41, 5.74) is -0.0869. The Labute approximate surface area is 153 Å². The maximum absolute atomic E-state index is 12.8. The second kappa shape index (κ2) is 9.80. The molecule has 0 amide bonds. The molecule has 0 bridgehead atoms. The van der Waals surface area contributed by atoms with Crippen LogP contribution < -0.4 is 5.32 Å². The van der Waals surface area contributed by atoms with Crippen LogP contribution in [0.4, 0.5) is 13.2 Å². The van der Waals surface area contributed by atoms with E-state index in [1.807, 2.05) is 18.9 Å². The molecule has 1 fully saturated rings. The molecule has 1 N–H and O–H groups in total. The lowest BCUT2D eigenvalue weighted by Gasteiger charge is -2.26. The minimum atomic E-state index is -4.33. The number of halogens is 3. The number of benzene rings is 1. The average Bonchev–Trinajstić information content (AvgIpc) is 2.63. The third-order valence-corrected chi connectivity index (χ3v) is 4.58. The Hall–Kier alpha value is -1.76. The summed E-state index contributed by atoms with van der Waals surface area (Å²) in [4.78, 5) is 6.56. The van der Waals surface area contributed by atoms with Crippen LogP contribution in [-0.4, -0.2) is 44.2 Å². The van der Waals surface area contributed by atoms with Gasteiger partial charge in [-0.25, -0.2) is 4.99 Å². The van der Waals surface area contributed by atoms with Gasteiger partial charge in [0.25, 0.3) is 0 Å². The lowest BCUT2D eigenvalue weighted by Crippen LogP contribution is -2.40. The number of hydrogen-bond donors (Lipinski definition) is 1. The van der Waals surface area contributed by atoms with Crippen molar-refractivity contribution in [2.75, 3.05) is 33.4 Å². The first-order valence-corrected chi connectivity index (χ1v) is 9.13. The van der Waals surface area contributed by atoms with Crippen molar-refractivity contribution in [2.45, 2.75) is 38.9 Å². The van der Waals surface area contributed by atoms with Gasteiger partial charge in [0, 0.05) is 33.4 Å². The van der Waals surface area contributed by atoms with E-state index in [2.05, 4.69) is 10.3 Å². The van der Waals surface area contributed by atoms with Crippen molar-refractivity contribution in [3.05, 3.63) is 35.4 Å². The molecule has 7 heteroatoms. The minimum Gasteiger partial charge on any atom is -0.381 e. The first-order valence-electron chi connectivity index (χ1n) is 9.13. The molecule has 1 aromatic carbocycles. The molecule has 1 saturated heterocycles. The van der Waals surface area contributed by atoms with Gasteiger partial charge in [0.15, 0.2) is 5.96 Å². The van der Waals surface area contributed by atoms with Crippen molar-refractivity contribution < 1.29 is 17.9 Å². The molecule has 1 aliphatic heterocycles. The number of nitrogens with one attached hydrogen (secondary N) is 1. The summed E-state index contributed by atoms with van der Waals surface area (Å²) in [5, 5.41) is 3.21. The van der Waals surface area contributed by atoms with Crippen molar-refractivity contribution >= 4 is 5.96 Å². The zero-order chi connectivity index (χ0) is 19.0. The van der Waals surface area contributed by atoms with Gasteiger partial charge in [-0.05, 0) is 49.8 Å². The predicted molar refractivity (Wildman–Crippen MR) is 97.0 cm³/mol. The van der Waals surface area contributed by atoms with E-state index < -0.39 is 11.7 Å². The van der Waals surface area contributed by atoms with E-state index in [-0.39, 0.29) is 6.54 Å². The molecule has 0 aromatic heterocycles. The maximum atomic E-state index is 12.8. The Morgan fingerprint density at radius 1 is 1.31 bits per heavy atom. The van der Waals surface area contributed by atoms with E-state index in [9.17, 15) is 13.2 Å². The summed E-state index contributed by atoms with van der Waals surface area (Å²) < 4.78 is 43.9. The first kappa shape index (κ1) is 20.6. The van der Waals surface area contributed by atoms with Crippen LogP contribution in [0.1, 0.15) is 37.3 Å². The number of aliphatic imine (C=N–C) groups is 1. The number of ether oxygens (including phenoxy) is 1. The van der Waals surface area contributed by atoms with E-state index in [0.717, 1.165) is 57.1 Å². The summed E-state index contributed by atoms with van der Waals surface area (Å²) in [6, 6.07) is 5.34. The molecule has 1 heterocycles. The monoisotopic (exact) mass is 371 g/mol.